The maximum Gasteiger partial charge on any atom is 0.266 e. The van der Waals surface area contributed by atoms with Crippen LogP contribution in [0.25, 0.3) is 16.6 Å². The summed E-state index contributed by atoms with van der Waals surface area (Å²) in [5, 5.41) is 0.525. The molecule has 0 atom stereocenters. The molecular formula is C18H16N2O3. The zero-order valence-electron chi connectivity index (χ0n) is 12.9. The summed E-state index contributed by atoms with van der Waals surface area (Å²) in [5.41, 5.74) is 1.40. The molecule has 5 heteroatoms. The van der Waals surface area contributed by atoms with Crippen LogP contribution in [0.2, 0.25) is 0 Å². The van der Waals surface area contributed by atoms with Gasteiger partial charge in [0, 0.05) is 0 Å². The highest BCUT2D eigenvalue weighted by Gasteiger charge is 2.16. The third-order valence-electron chi connectivity index (χ3n) is 3.62. The van der Waals surface area contributed by atoms with Crippen molar-refractivity contribution in [3.8, 4) is 11.4 Å². The second-order valence-electron chi connectivity index (χ2n) is 5.06. The summed E-state index contributed by atoms with van der Waals surface area (Å²) in [6.45, 7) is 3.99. The third-order valence-corrected chi connectivity index (χ3v) is 3.62. The zero-order chi connectivity index (χ0) is 16.4. The monoisotopic (exact) mass is 308 g/mol. The van der Waals surface area contributed by atoms with Crippen LogP contribution in [0.5, 0.6) is 5.75 Å². The van der Waals surface area contributed by atoms with E-state index in [1.165, 1.54) is 4.57 Å². The van der Waals surface area contributed by atoms with E-state index < -0.39 is 0 Å². The van der Waals surface area contributed by atoms with E-state index in [2.05, 4.69) is 4.98 Å². The number of aldehydes is 1. The Morgan fingerprint density at radius 2 is 1.96 bits per heavy atom. The Morgan fingerprint density at radius 3 is 2.70 bits per heavy atom. The molecule has 0 fully saturated rings. The highest BCUT2D eigenvalue weighted by atomic mass is 16.5. The number of benzene rings is 2. The van der Waals surface area contributed by atoms with E-state index in [9.17, 15) is 9.59 Å². The predicted molar refractivity (Wildman–Crippen MR) is 88.6 cm³/mol. The molecule has 0 saturated carbocycles. The van der Waals surface area contributed by atoms with Crippen LogP contribution in [0.1, 0.15) is 23.1 Å². The van der Waals surface area contributed by atoms with Crippen LogP contribution >= 0.6 is 0 Å². The van der Waals surface area contributed by atoms with Gasteiger partial charge in [-0.2, -0.15) is 0 Å². The SMILES string of the molecule is CCOc1c(C=O)cccc1-n1c(C)nc2ccccc2c1=O. The Morgan fingerprint density at radius 1 is 1.17 bits per heavy atom. The highest BCUT2D eigenvalue weighted by molar-refractivity contribution is 5.83. The molecule has 0 unspecified atom stereocenters. The maximum absolute atomic E-state index is 12.9. The quantitative estimate of drug-likeness (QED) is 0.695. The lowest BCUT2D eigenvalue weighted by molar-refractivity contribution is 0.112. The van der Waals surface area contributed by atoms with Crippen molar-refractivity contribution in [1.82, 2.24) is 9.55 Å². The fraction of sp³-hybridized carbons (Fsp3) is 0.167. The molecule has 0 amide bonds. The third kappa shape index (κ3) is 2.50. The van der Waals surface area contributed by atoms with E-state index in [4.69, 9.17) is 4.74 Å². The Bertz CT molecular complexity index is 945. The number of ether oxygens (including phenoxy) is 1. The lowest BCUT2D eigenvalue weighted by atomic mass is 10.1. The minimum absolute atomic E-state index is 0.183. The summed E-state index contributed by atoms with van der Waals surface area (Å²) >= 11 is 0. The number of carbonyl (C=O) groups excluding carboxylic acids is 1. The van der Waals surface area contributed by atoms with Crippen molar-refractivity contribution in [3.63, 3.8) is 0 Å². The number of nitrogens with zero attached hydrogens (tertiary/aromatic N) is 2. The summed E-state index contributed by atoms with van der Waals surface area (Å²) in [4.78, 5) is 28.7. The van der Waals surface area contributed by atoms with Gasteiger partial charge >= 0.3 is 0 Å². The van der Waals surface area contributed by atoms with Gasteiger partial charge in [-0.05, 0) is 38.1 Å². The lowest BCUT2D eigenvalue weighted by Crippen LogP contribution is -2.23. The zero-order valence-corrected chi connectivity index (χ0v) is 12.9. The molecule has 0 bridgehead atoms. The van der Waals surface area contributed by atoms with Gasteiger partial charge in [0.25, 0.3) is 5.56 Å². The standard InChI is InChI=1S/C18H16N2O3/c1-3-23-17-13(11-21)7-6-10-16(17)20-12(2)19-15-9-5-4-8-14(15)18(20)22/h4-11H,3H2,1-2H3. The smallest absolute Gasteiger partial charge is 0.266 e. The van der Waals surface area contributed by atoms with Crippen LogP contribution in [0, 0.1) is 6.92 Å². The van der Waals surface area contributed by atoms with Crippen molar-refractivity contribution in [2.24, 2.45) is 0 Å². The van der Waals surface area contributed by atoms with Gasteiger partial charge in [0.1, 0.15) is 5.82 Å². The van der Waals surface area contributed by atoms with E-state index in [-0.39, 0.29) is 5.56 Å². The molecule has 0 N–H and O–H groups in total. The number of rotatable bonds is 4. The summed E-state index contributed by atoms with van der Waals surface area (Å²) in [6, 6.07) is 12.3. The second-order valence-corrected chi connectivity index (χ2v) is 5.06. The van der Waals surface area contributed by atoms with Gasteiger partial charge in [-0.15, -0.1) is 0 Å². The van der Waals surface area contributed by atoms with E-state index in [1.807, 2.05) is 13.0 Å². The first-order valence-electron chi connectivity index (χ1n) is 7.37. The Balaban J connectivity index is 2.37. The molecule has 3 aromatic rings. The van der Waals surface area contributed by atoms with Gasteiger partial charge in [-0.1, -0.05) is 18.2 Å². The molecule has 3 rings (SSSR count). The van der Waals surface area contributed by atoms with Gasteiger partial charge < -0.3 is 4.74 Å². The molecule has 5 nitrogen and oxygen atoms in total. The number of fused-ring (bicyclic) bond motifs is 1. The number of hydrogen-bond donors (Lipinski definition) is 0. The molecule has 2 aromatic carbocycles. The molecular weight excluding hydrogens is 292 g/mol. The maximum atomic E-state index is 12.9. The van der Waals surface area contributed by atoms with Crippen LogP contribution in [-0.4, -0.2) is 22.4 Å². The van der Waals surface area contributed by atoms with Crippen molar-refractivity contribution >= 4 is 17.2 Å². The highest BCUT2D eigenvalue weighted by Crippen LogP contribution is 2.27. The van der Waals surface area contributed by atoms with E-state index in [0.717, 1.165) is 6.29 Å². The molecule has 116 valence electrons. The average molecular weight is 308 g/mol. The Kier molecular flexibility index (Phi) is 3.93. The van der Waals surface area contributed by atoms with Crippen LogP contribution in [0.15, 0.2) is 47.3 Å². The molecule has 0 aliphatic carbocycles. The first-order valence-corrected chi connectivity index (χ1v) is 7.37. The van der Waals surface area contributed by atoms with Crippen LogP contribution < -0.4 is 10.3 Å². The van der Waals surface area contributed by atoms with E-state index in [1.54, 1.807) is 43.3 Å². The van der Waals surface area contributed by atoms with E-state index >= 15 is 0 Å². The van der Waals surface area contributed by atoms with Crippen LogP contribution in [0.4, 0.5) is 0 Å². The molecule has 0 radical (unpaired) electrons. The van der Waals surface area contributed by atoms with Gasteiger partial charge in [-0.3, -0.25) is 14.2 Å². The Hall–Kier alpha value is -2.95. The second kappa shape index (κ2) is 6.04. The largest absolute Gasteiger partial charge is 0.491 e. The van der Waals surface area contributed by atoms with Gasteiger partial charge in [0.05, 0.1) is 28.8 Å². The van der Waals surface area contributed by atoms with Crippen LogP contribution in [0.3, 0.4) is 0 Å². The number of aryl methyl sites for hydroxylation is 1. The van der Waals surface area contributed by atoms with Crippen LogP contribution in [-0.2, 0) is 0 Å². The average Bonchev–Trinajstić information content (AvgIpc) is 2.56. The number of carbonyl (C=O) groups is 1. The fourth-order valence-corrected chi connectivity index (χ4v) is 2.64. The molecule has 1 aromatic heterocycles. The molecule has 0 saturated heterocycles. The summed E-state index contributed by atoms with van der Waals surface area (Å²) < 4.78 is 7.10. The molecule has 1 heterocycles. The topological polar surface area (TPSA) is 61.2 Å². The minimum Gasteiger partial charge on any atom is -0.491 e. The number of aromatic nitrogens is 2. The minimum atomic E-state index is -0.183. The molecule has 0 spiro atoms. The van der Waals surface area contributed by atoms with Crippen molar-refractivity contribution in [1.29, 1.82) is 0 Å². The number of para-hydroxylation sites is 2. The molecule has 0 aliphatic heterocycles. The summed E-state index contributed by atoms with van der Waals surface area (Å²) in [5.74, 6) is 0.935. The lowest BCUT2D eigenvalue weighted by Gasteiger charge is -2.16. The van der Waals surface area contributed by atoms with Gasteiger partial charge in [-0.25, -0.2) is 4.98 Å². The molecule has 23 heavy (non-hydrogen) atoms. The summed E-state index contributed by atoms with van der Waals surface area (Å²) in [7, 11) is 0. The van der Waals surface area contributed by atoms with Crippen molar-refractivity contribution in [3.05, 3.63) is 64.2 Å². The van der Waals surface area contributed by atoms with Crippen molar-refractivity contribution in [2.45, 2.75) is 13.8 Å². The first-order chi connectivity index (χ1) is 11.2. The normalized spacial score (nSPS) is 10.7. The molecule has 0 aliphatic rings. The van der Waals surface area contributed by atoms with Crippen molar-refractivity contribution in [2.75, 3.05) is 6.61 Å². The number of hydrogen-bond acceptors (Lipinski definition) is 4. The van der Waals surface area contributed by atoms with E-state index in [0.29, 0.717) is 40.3 Å². The first kappa shape index (κ1) is 15.0. The van der Waals surface area contributed by atoms with Gasteiger partial charge in [0.2, 0.25) is 0 Å². The fourth-order valence-electron chi connectivity index (χ4n) is 2.64. The van der Waals surface area contributed by atoms with Crippen molar-refractivity contribution < 1.29 is 9.53 Å². The Labute approximate surface area is 133 Å². The predicted octanol–water partition coefficient (Wildman–Crippen LogP) is 2.91. The van der Waals surface area contributed by atoms with Gasteiger partial charge in [0.15, 0.2) is 12.0 Å². The summed E-state index contributed by atoms with van der Waals surface area (Å²) in [6.07, 6.45) is 0.726.